The molecule has 1 aliphatic rings. The van der Waals surface area contributed by atoms with Crippen molar-refractivity contribution < 1.29 is 13.2 Å². The Hall–Kier alpha value is -1.07. The van der Waals surface area contributed by atoms with Crippen LogP contribution in [0.25, 0.3) is 0 Å². The summed E-state index contributed by atoms with van der Waals surface area (Å²) in [7, 11) is -3.28. The third-order valence-electron chi connectivity index (χ3n) is 3.69. The molecule has 1 aliphatic carbocycles. The lowest BCUT2D eigenvalue weighted by atomic mass is 9.93. The van der Waals surface area contributed by atoms with E-state index in [0.29, 0.717) is 17.1 Å². The molecule has 2 unspecified atom stereocenters. The van der Waals surface area contributed by atoms with Crippen molar-refractivity contribution in [1.29, 1.82) is 0 Å². The van der Waals surface area contributed by atoms with Crippen LogP contribution in [0.3, 0.4) is 0 Å². The molecule has 0 aromatic heterocycles. The Morgan fingerprint density at radius 3 is 2.65 bits per heavy atom. The van der Waals surface area contributed by atoms with E-state index in [1.807, 2.05) is 6.92 Å². The molecule has 0 heterocycles. The molecular weight excluding hydrogens is 274 g/mol. The summed E-state index contributed by atoms with van der Waals surface area (Å²) in [6.07, 6.45) is 4.55. The summed E-state index contributed by atoms with van der Waals surface area (Å²) in [5, 5.41) is 0. The molecular formula is C15H23NO3S. The van der Waals surface area contributed by atoms with Crippen molar-refractivity contribution in [3.05, 3.63) is 24.3 Å². The van der Waals surface area contributed by atoms with Gasteiger partial charge in [0.1, 0.15) is 16.7 Å². The van der Waals surface area contributed by atoms with Crippen LogP contribution in [0, 0.1) is 0 Å². The number of rotatable bonds is 5. The molecule has 20 heavy (non-hydrogen) atoms. The summed E-state index contributed by atoms with van der Waals surface area (Å²) in [5.74, 6) is 0.590. The fourth-order valence-electron chi connectivity index (χ4n) is 2.62. The van der Waals surface area contributed by atoms with Crippen LogP contribution >= 0.6 is 0 Å². The van der Waals surface area contributed by atoms with Crippen molar-refractivity contribution in [1.82, 2.24) is 0 Å². The number of nitrogens with two attached hydrogens (primary N) is 1. The molecule has 1 saturated carbocycles. The van der Waals surface area contributed by atoms with Crippen LogP contribution in [0.1, 0.15) is 39.0 Å². The first kappa shape index (κ1) is 15.3. The van der Waals surface area contributed by atoms with E-state index in [9.17, 15) is 8.42 Å². The average molecular weight is 297 g/mol. The summed E-state index contributed by atoms with van der Waals surface area (Å²) in [6, 6.07) is 6.87. The van der Waals surface area contributed by atoms with Crippen molar-refractivity contribution in [2.24, 2.45) is 5.73 Å². The molecule has 4 nitrogen and oxygen atoms in total. The fraction of sp³-hybridized carbons (Fsp3) is 0.600. The smallest absolute Gasteiger partial charge is 0.182 e. The van der Waals surface area contributed by atoms with Crippen LogP contribution in [-0.2, 0) is 9.84 Å². The van der Waals surface area contributed by atoms with Gasteiger partial charge in [-0.2, -0.15) is 0 Å². The average Bonchev–Trinajstić information content (AvgIpc) is 2.42. The Kier molecular flexibility index (Phi) is 5.05. The summed E-state index contributed by atoms with van der Waals surface area (Å²) < 4.78 is 30.5. The second kappa shape index (κ2) is 6.59. The van der Waals surface area contributed by atoms with E-state index in [-0.39, 0.29) is 17.9 Å². The maximum atomic E-state index is 12.3. The van der Waals surface area contributed by atoms with Crippen molar-refractivity contribution in [2.45, 2.75) is 56.1 Å². The normalized spacial score (nSPS) is 23.5. The van der Waals surface area contributed by atoms with E-state index in [4.69, 9.17) is 10.5 Å². The first-order chi connectivity index (χ1) is 9.54. The van der Waals surface area contributed by atoms with Crippen LogP contribution in [0.4, 0.5) is 0 Å². The molecule has 0 radical (unpaired) electrons. The van der Waals surface area contributed by atoms with E-state index in [2.05, 4.69) is 0 Å². The maximum Gasteiger partial charge on any atom is 0.182 e. The zero-order chi connectivity index (χ0) is 14.6. The number of ether oxygens (including phenoxy) is 1. The summed E-state index contributed by atoms with van der Waals surface area (Å²) >= 11 is 0. The third-order valence-corrected chi connectivity index (χ3v) is 5.64. The highest BCUT2D eigenvalue weighted by molar-refractivity contribution is 7.91. The van der Waals surface area contributed by atoms with Gasteiger partial charge >= 0.3 is 0 Å². The van der Waals surface area contributed by atoms with Gasteiger partial charge in [-0.3, -0.25) is 0 Å². The van der Waals surface area contributed by atoms with Crippen LogP contribution in [0.15, 0.2) is 29.2 Å². The molecule has 2 atom stereocenters. The van der Waals surface area contributed by atoms with E-state index in [0.717, 1.165) is 25.7 Å². The molecule has 1 fully saturated rings. The van der Waals surface area contributed by atoms with Gasteiger partial charge in [-0.15, -0.1) is 0 Å². The summed E-state index contributed by atoms with van der Waals surface area (Å²) in [5.41, 5.74) is 6.07. The predicted molar refractivity (Wildman–Crippen MR) is 79.6 cm³/mol. The van der Waals surface area contributed by atoms with E-state index in [1.165, 1.54) is 0 Å². The number of benzene rings is 1. The molecule has 112 valence electrons. The highest BCUT2D eigenvalue weighted by Gasteiger charge is 2.26. The van der Waals surface area contributed by atoms with Gasteiger partial charge in [0.2, 0.25) is 0 Å². The number of para-hydroxylation sites is 1. The Morgan fingerprint density at radius 1 is 1.25 bits per heavy atom. The van der Waals surface area contributed by atoms with Gasteiger partial charge in [-0.25, -0.2) is 8.42 Å². The van der Waals surface area contributed by atoms with Crippen molar-refractivity contribution in [3.8, 4) is 5.75 Å². The second-order valence-electron chi connectivity index (χ2n) is 5.37. The van der Waals surface area contributed by atoms with Gasteiger partial charge in [-0.1, -0.05) is 25.5 Å². The first-order valence-corrected chi connectivity index (χ1v) is 8.94. The quantitative estimate of drug-likeness (QED) is 0.906. The van der Waals surface area contributed by atoms with Gasteiger partial charge in [0.15, 0.2) is 9.84 Å². The zero-order valence-electron chi connectivity index (χ0n) is 11.9. The Labute approximate surface area is 121 Å². The van der Waals surface area contributed by atoms with Gasteiger partial charge in [-0.05, 0) is 37.8 Å². The van der Waals surface area contributed by atoms with Crippen molar-refractivity contribution in [3.63, 3.8) is 0 Å². The van der Waals surface area contributed by atoms with Crippen LogP contribution < -0.4 is 10.5 Å². The maximum absolute atomic E-state index is 12.3. The van der Waals surface area contributed by atoms with E-state index in [1.54, 1.807) is 24.3 Å². The number of hydrogen-bond acceptors (Lipinski definition) is 4. The highest BCUT2D eigenvalue weighted by atomic mass is 32.2. The third kappa shape index (κ3) is 3.52. The monoisotopic (exact) mass is 297 g/mol. The summed E-state index contributed by atoms with van der Waals surface area (Å²) in [4.78, 5) is 0.291. The predicted octanol–water partition coefficient (Wildman–Crippen LogP) is 2.52. The molecule has 2 N–H and O–H groups in total. The topological polar surface area (TPSA) is 69.4 Å². The van der Waals surface area contributed by atoms with Gasteiger partial charge in [0, 0.05) is 6.04 Å². The molecule has 0 saturated heterocycles. The largest absolute Gasteiger partial charge is 0.487 e. The number of hydrogen-bond donors (Lipinski definition) is 1. The minimum absolute atomic E-state index is 0.00862. The highest BCUT2D eigenvalue weighted by Crippen LogP contribution is 2.29. The Bertz CT molecular complexity index is 542. The first-order valence-electron chi connectivity index (χ1n) is 7.28. The zero-order valence-corrected chi connectivity index (χ0v) is 12.7. The lowest BCUT2D eigenvalue weighted by Gasteiger charge is -2.29. The minimum Gasteiger partial charge on any atom is -0.487 e. The van der Waals surface area contributed by atoms with Crippen molar-refractivity contribution >= 4 is 9.84 Å². The molecule has 1 aromatic carbocycles. The standard InChI is InChI=1S/C15H23NO3S/c1-2-11-20(17,18)15-10-6-5-9-14(15)19-13-8-4-3-7-12(13)16/h5-6,9-10,12-13H,2-4,7-8,11,16H2,1H3. The molecule has 0 amide bonds. The second-order valence-corrected chi connectivity index (χ2v) is 7.45. The van der Waals surface area contributed by atoms with Crippen LogP contribution in [-0.4, -0.2) is 26.3 Å². The minimum atomic E-state index is -3.28. The molecule has 0 bridgehead atoms. The summed E-state index contributed by atoms with van der Waals surface area (Å²) in [6.45, 7) is 1.86. The number of sulfone groups is 1. The molecule has 2 rings (SSSR count). The lowest BCUT2D eigenvalue weighted by molar-refractivity contribution is 0.129. The Balaban J connectivity index is 2.24. The fourth-order valence-corrected chi connectivity index (χ4v) is 4.08. The lowest BCUT2D eigenvalue weighted by Crippen LogP contribution is -2.41. The molecule has 1 aromatic rings. The van der Waals surface area contributed by atoms with Crippen LogP contribution in [0.2, 0.25) is 0 Å². The van der Waals surface area contributed by atoms with Gasteiger partial charge < -0.3 is 10.5 Å². The Morgan fingerprint density at radius 2 is 1.95 bits per heavy atom. The molecule has 0 aliphatic heterocycles. The molecule has 5 heteroatoms. The SMILES string of the molecule is CCCS(=O)(=O)c1ccccc1OC1CCCCC1N. The van der Waals surface area contributed by atoms with E-state index >= 15 is 0 Å². The van der Waals surface area contributed by atoms with Crippen LogP contribution in [0.5, 0.6) is 5.75 Å². The van der Waals surface area contributed by atoms with Crippen molar-refractivity contribution in [2.75, 3.05) is 5.75 Å². The van der Waals surface area contributed by atoms with Gasteiger partial charge in [0.05, 0.1) is 5.75 Å². The van der Waals surface area contributed by atoms with Gasteiger partial charge in [0.25, 0.3) is 0 Å². The van der Waals surface area contributed by atoms with E-state index < -0.39 is 9.84 Å². The molecule has 0 spiro atoms.